The summed E-state index contributed by atoms with van der Waals surface area (Å²) in [5, 5.41) is 0. The van der Waals surface area contributed by atoms with E-state index in [1.165, 1.54) is 12.1 Å². The van der Waals surface area contributed by atoms with Gasteiger partial charge in [0.25, 0.3) is 0 Å². The second-order valence-electron chi connectivity index (χ2n) is 4.48. The molecule has 23 heavy (non-hydrogen) atoms. The van der Waals surface area contributed by atoms with Crippen LogP contribution >= 0.6 is 0 Å². The minimum Gasteiger partial charge on any atom is -0.748 e. The SMILES string of the molecule is Fc1c(F)c(F)c(C[c-]2cccc2)c(F)c1F.[Fe].[cH-]1[cH-][cH-][cH-][cH-]1. The van der Waals surface area contributed by atoms with Crippen LogP contribution in [0.4, 0.5) is 22.0 Å². The standard InChI is InChI=1S/C12H6F5.C5H5.Fe/c13-8-7(5-6-3-1-2-4-6)9(14)11(16)12(17)10(8)15;1-2-4-5-3-1;/h1-4H,5H2;1-5H;/q-1;-5;. The molecule has 0 amide bonds. The summed E-state index contributed by atoms with van der Waals surface area (Å²) in [5.41, 5.74) is -0.333. The van der Waals surface area contributed by atoms with E-state index in [9.17, 15) is 22.0 Å². The van der Waals surface area contributed by atoms with Gasteiger partial charge in [0.15, 0.2) is 23.3 Å². The molecule has 128 valence electrons. The van der Waals surface area contributed by atoms with E-state index in [2.05, 4.69) is 0 Å². The average molecular weight is 366 g/mol. The molecule has 0 aliphatic heterocycles. The van der Waals surface area contributed by atoms with Gasteiger partial charge in [-0.05, 0) is 6.42 Å². The molecule has 0 bridgehead atoms. The topological polar surface area (TPSA) is 0 Å². The first-order valence-electron chi connectivity index (χ1n) is 6.40. The fourth-order valence-electron chi connectivity index (χ4n) is 1.86. The van der Waals surface area contributed by atoms with Gasteiger partial charge >= 0.3 is 0 Å². The molecule has 0 spiro atoms. The summed E-state index contributed by atoms with van der Waals surface area (Å²) < 4.78 is 65.0. The molecule has 0 aliphatic rings. The van der Waals surface area contributed by atoms with Crippen molar-refractivity contribution in [2.45, 2.75) is 6.42 Å². The van der Waals surface area contributed by atoms with E-state index >= 15 is 0 Å². The predicted octanol–water partition coefficient (Wildman–Crippen LogP) is 5.09. The van der Waals surface area contributed by atoms with Crippen LogP contribution in [0.3, 0.4) is 0 Å². The monoisotopic (exact) mass is 366 g/mol. The van der Waals surface area contributed by atoms with E-state index < -0.39 is 34.6 Å². The van der Waals surface area contributed by atoms with Crippen LogP contribution < -0.4 is 0 Å². The molecule has 0 fully saturated rings. The molecule has 0 nitrogen and oxygen atoms in total. The Morgan fingerprint density at radius 3 is 1.39 bits per heavy atom. The Morgan fingerprint density at radius 1 is 0.652 bits per heavy atom. The third-order valence-electron chi connectivity index (χ3n) is 2.97. The van der Waals surface area contributed by atoms with Crippen LogP contribution in [-0.2, 0) is 23.5 Å². The molecule has 0 aliphatic carbocycles. The Balaban J connectivity index is 0.000000377. The zero-order valence-corrected chi connectivity index (χ0v) is 12.8. The third-order valence-corrected chi connectivity index (χ3v) is 2.97. The van der Waals surface area contributed by atoms with Crippen molar-refractivity contribution in [3.8, 4) is 0 Å². The summed E-state index contributed by atoms with van der Waals surface area (Å²) in [6, 6.07) is 16.3. The van der Waals surface area contributed by atoms with Crippen LogP contribution in [0.15, 0.2) is 54.6 Å². The molecule has 0 saturated carbocycles. The fourth-order valence-corrected chi connectivity index (χ4v) is 1.86. The molecule has 0 radical (unpaired) electrons. The van der Waals surface area contributed by atoms with E-state index in [0.717, 1.165) is 0 Å². The molecular weight excluding hydrogens is 355 g/mol. The van der Waals surface area contributed by atoms with Crippen LogP contribution in [0.5, 0.6) is 0 Å². The smallest absolute Gasteiger partial charge is 0.200 e. The Hall–Kier alpha value is -1.91. The van der Waals surface area contributed by atoms with E-state index in [4.69, 9.17) is 0 Å². The van der Waals surface area contributed by atoms with Crippen molar-refractivity contribution in [1.29, 1.82) is 0 Å². The quantitative estimate of drug-likeness (QED) is 0.195. The molecule has 0 N–H and O–H groups in total. The largest absolute Gasteiger partial charge is 0.748 e. The van der Waals surface area contributed by atoms with Gasteiger partial charge < -0.3 is 30.3 Å². The van der Waals surface area contributed by atoms with Gasteiger partial charge in [0.1, 0.15) is 0 Å². The zero-order valence-electron chi connectivity index (χ0n) is 11.6. The molecule has 0 heterocycles. The summed E-state index contributed by atoms with van der Waals surface area (Å²) in [5.74, 6) is -9.51. The van der Waals surface area contributed by atoms with Gasteiger partial charge in [-0.3, -0.25) is 0 Å². The first-order chi connectivity index (χ1) is 10.5. The van der Waals surface area contributed by atoms with Gasteiger partial charge in [-0.1, -0.05) is 0 Å². The van der Waals surface area contributed by atoms with Gasteiger partial charge in [-0.15, -0.1) is 0 Å². The van der Waals surface area contributed by atoms with Crippen molar-refractivity contribution in [2.75, 3.05) is 0 Å². The van der Waals surface area contributed by atoms with E-state index in [-0.39, 0.29) is 23.5 Å². The number of halogens is 5. The van der Waals surface area contributed by atoms with Gasteiger partial charge in [0, 0.05) is 22.6 Å². The maximum Gasteiger partial charge on any atom is 0.200 e. The first kappa shape index (κ1) is 19.1. The molecule has 0 saturated heterocycles. The number of benzene rings is 1. The van der Waals surface area contributed by atoms with Crippen molar-refractivity contribution in [2.24, 2.45) is 0 Å². The van der Waals surface area contributed by atoms with Gasteiger partial charge in [-0.2, -0.15) is 17.7 Å². The fraction of sp³-hybridized carbons (Fsp3) is 0.0588. The molecule has 3 aromatic rings. The number of rotatable bonds is 2. The number of hydrogen-bond donors (Lipinski definition) is 0. The molecule has 3 aromatic carbocycles. The van der Waals surface area contributed by atoms with Crippen molar-refractivity contribution in [3.05, 3.63) is 94.8 Å². The molecular formula is C17H11F5Fe-6. The summed E-state index contributed by atoms with van der Waals surface area (Å²) in [4.78, 5) is 0. The summed E-state index contributed by atoms with van der Waals surface area (Å²) in [7, 11) is 0. The normalized spacial score (nSPS) is 9.78. The second kappa shape index (κ2) is 8.65. The molecule has 0 aromatic heterocycles. The molecule has 0 atom stereocenters. The third kappa shape index (κ3) is 4.53. The molecule has 0 unspecified atom stereocenters. The van der Waals surface area contributed by atoms with Crippen molar-refractivity contribution in [1.82, 2.24) is 0 Å². The van der Waals surface area contributed by atoms with Crippen molar-refractivity contribution >= 4 is 0 Å². The Kier molecular flexibility index (Phi) is 7.20. The minimum absolute atomic E-state index is 0. The maximum atomic E-state index is 13.3. The van der Waals surface area contributed by atoms with Gasteiger partial charge in [0.05, 0.1) is 0 Å². The van der Waals surface area contributed by atoms with E-state index in [1.54, 1.807) is 12.1 Å². The maximum absolute atomic E-state index is 13.3. The van der Waals surface area contributed by atoms with Crippen LogP contribution in [0.2, 0.25) is 0 Å². The first-order valence-corrected chi connectivity index (χ1v) is 6.40. The van der Waals surface area contributed by atoms with Crippen LogP contribution in [0, 0.1) is 29.1 Å². The average Bonchev–Trinajstić information content (AvgIpc) is 3.23. The summed E-state index contributed by atoms with van der Waals surface area (Å²) >= 11 is 0. The van der Waals surface area contributed by atoms with Crippen molar-refractivity contribution < 1.29 is 39.0 Å². The number of hydrogen-bond acceptors (Lipinski definition) is 0. The van der Waals surface area contributed by atoms with E-state index in [0.29, 0.717) is 5.56 Å². The van der Waals surface area contributed by atoms with E-state index in [1.807, 2.05) is 30.3 Å². The Labute approximate surface area is 140 Å². The predicted molar refractivity (Wildman–Crippen MR) is 73.1 cm³/mol. The van der Waals surface area contributed by atoms with Crippen LogP contribution in [0.1, 0.15) is 11.1 Å². The second-order valence-corrected chi connectivity index (χ2v) is 4.48. The summed E-state index contributed by atoms with van der Waals surface area (Å²) in [6.07, 6.45) is -0.335. The Bertz CT molecular complexity index is 672. The van der Waals surface area contributed by atoms with Crippen LogP contribution in [0.25, 0.3) is 0 Å². The van der Waals surface area contributed by atoms with Gasteiger partial charge in [-0.25, -0.2) is 34.1 Å². The summed E-state index contributed by atoms with van der Waals surface area (Å²) in [6.45, 7) is 0. The minimum atomic E-state index is -2.13. The Morgan fingerprint density at radius 2 is 1.00 bits per heavy atom. The molecule has 6 heteroatoms. The molecule has 3 rings (SSSR count). The zero-order chi connectivity index (χ0) is 16.1. The van der Waals surface area contributed by atoms with Crippen LogP contribution in [-0.4, -0.2) is 0 Å². The van der Waals surface area contributed by atoms with Crippen molar-refractivity contribution in [3.63, 3.8) is 0 Å². The van der Waals surface area contributed by atoms with Gasteiger partial charge in [0.2, 0.25) is 5.82 Å².